The summed E-state index contributed by atoms with van der Waals surface area (Å²) in [5, 5.41) is 0. The second-order valence-electron chi connectivity index (χ2n) is 3.03. The Bertz CT molecular complexity index is 229. The molecule has 1 aliphatic rings. The van der Waals surface area contributed by atoms with Crippen LogP contribution in [-0.4, -0.2) is 19.8 Å². The van der Waals surface area contributed by atoms with E-state index < -0.39 is 0 Å². The third-order valence-corrected chi connectivity index (χ3v) is 1.94. The largest absolute Gasteiger partial charge is 0.493 e. The highest BCUT2D eigenvalue weighted by Crippen LogP contribution is 2.14. The maximum atomic E-state index is 5.53. The Labute approximate surface area is 72.1 Å². The van der Waals surface area contributed by atoms with Crippen molar-refractivity contribution in [2.45, 2.75) is 0 Å². The number of hydrogen-bond acceptors (Lipinski definition) is 2. The van der Waals surface area contributed by atoms with Gasteiger partial charge in [0.2, 0.25) is 0 Å². The van der Waals surface area contributed by atoms with Crippen LogP contribution in [0.5, 0.6) is 5.75 Å². The van der Waals surface area contributed by atoms with Crippen molar-refractivity contribution in [3.63, 3.8) is 0 Å². The van der Waals surface area contributed by atoms with Crippen molar-refractivity contribution >= 4 is 0 Å². The predicted molar refractivity (Wildman–Crippen MR) is 46.2 cm³/mol. The van der Waals surface area contributed by atoms with Gasteiger partial charge in [0.15, 0.2) is 0 Å². The van der Waals surface area contributed by atoms with E-state index in [-0.39, 0.29) is 0 Å². The van der Waals surface area contributed by atoms with Crippen LogP contribution in [0.25, 0.3) is 0 Å². The van der Waals surface area contributed by atoms with Gasteiger partial charge in [-0.15, -0.1) is 0 Å². The number of para-hydroxylation sites is 1. The van der Waals surface area contributed by atoms with E-state index in [9.17, 15) is 0 Å². The van der Waals surface area contributed by atoms with Gasteiger partial charge in [0.1, 0.15) is 5.75 Å². The van der Waals surface area contributed by atoms with Gasteiger partial charge in [-0.05, 0) is 12.1 Å². The van der Waals surface area contributed by atoms with Gasteiger partial charge in [-0.2, -0.15) is 0 Å². The molecule has 1 saturated heterocycles. The molecule has 0 radical (unpaired) electrons. The van der Waals surface area contributed by atoms with Crippen LogP contribution < -0.4 is 4.74 Å². The Morgan fingerprint density at radius 1 is 1.25 bits per heavy atom. The molecule has 1 fully saturated rings. The predicted octanol–water partition coefficient (Wildman–Crippen LogP) is 1.71. The van der Waals surface area contributed by atoms with Crippen LogP contribution in [-0.2, 0) is 4.74 Å². The lowest BCUT2D eigenvalue weighted by atomic mass is 10.1. The highest BCUT2D eigenvalue weighted by atomic mass is 16.5. The maximum Gasteiger partial charge on any atom is 0.119 e. The lowest BCUT2D eigenvalue weighted by Gasteiger charge is -2.25. The second-order valence-corrected chi connectivity index (χ2v) is 3.03. The van der Waals surface area contributed by atoms with Crippen LogP contribution in [0.15, 0.2) is 30.3 Å². The van der Waals surface area contributed by atoms with Crippen LogP contribution >= 0.6 is 0 Å². The zero-order valence-electron chi connectivity index (χ0n) is 6.90. The van der Waals surface area contributed by atoms with E-state index in [1.807, 2.05) is 30.3 Å². The van der Waals surface area contributed by atoms with Crippen molar-refractivity contribution in [1.82, 2.24) is 0 Å². The summed E-state index contributed by atoms with van der Waals surface area (Å²) < 4.78 is 10.6. The second kappa shape index (κ2) is 3.59. The minimum absolute atomic E-state index is 0.602. The summed E-state index contributed by atoms with van der Waals surface area (Å²) in [6.45, 7) is 2.49. The highest BCUT2D eigenvalue weighted by molar-refractivity contribution is 5.20. The molecule has 0 aromatic heterocycles. The molecule has 0 atom stereocenters. The molecule has 1 aliphatic heterocycles. The van der Waals surface area contributed by atoms with Gasteiger partial charge in [-0.1, -0.05) is 18.2 Å². The SMILES string of the molecule is c1ccc(OCC2COC2)cc1. The van der Waals surface area contributed by atoms with Gasteiger partial charge in [0.25, 0.3) is 0 Å². The zero-order chi connectivity index (χ0) is 8.23. The van der Waals surface area contributed by atoms with Crippen LogP contribution in [0.4, 0.5) is 0 Å². The van der Waals surface area contributed by atoms with E-state index in [4.69, 9.17) is 9.47 Å². The van der Waals surface area contributed by atoms with Crippen LogP contribution in [0, 0.1) is 5.92 Å². The van der Waals surface area contributed by atoms with Crippen LogP contribution in [0.3, 0.4) is 0 Å². The monoisotopic (exact) mass is 164 g/mol. The van der Waals surface area contributed by atoms with Crippen LogP contribution in [0.1, 0.15) is 0 Å². The zero-order valence-corrected chi connectivity index (χ0v) is 6.90. The van der Waals surface area contributed by atoms with Crippen molar-refractivity contribution in [3.8, 4) is 5.75 Å². The summed E-state index contributed by atoms with van der Waals surface area (Å²) >= 11 is 0. The number of hydrogen-bond donors (Lipinski definition) is 0. The van der Waals surface area contributed by atoms with E-state index >= 15 is 0 Å². The van der Waals surface area contributed by atoms with Crippen molar-refractivity contribution in [1.29, 1.82) is 0 Å². The van der Waals surface area contributed by atoms with Crippen molar-refractivity contribution in [3.05, 3.63) is 30.3 Å². The Hall–Kier alpha value is -1.02. The average molecular weight is 164 g/mol. The number of rotatable bonds is 3. The Balaban J connectivity index is 1.79. The highest BCUT2D eigenvalue weighted by Gasteiger charge is 2.18. The van der Waals surface area contributed by atoms with E-state index in [2.05, 4.69) is 0 Å². The van der Waals surface area contributed by atoms with E-state index in [1.165, 1.54) is 0 Å². The molecule has 0 unspecified atom stereocenters. The quantitative estimate of drug-likeness (QED) is 0.677. The van der Waals surface area contributed by atoms with Gasteiger partial charge in [0, 0.05) is 5.92 Å². The topological polar surface area (TPSA) is 18.5 Å². The first kappa shape index (κ1) is 7.62. The standard InChI is InChI=1S/C10H12O2/c1-2-4-10(5-3-1)12-8-9-6-11-7-9/h1-5,9H,6-8H2. The molecule has 0 N–H and O–H groups in total. The lowest BCUT2D eigenvalue weighted by Crippen LogP contribution is -2.32. The number of ether oxygens (including phenoxy) is 2. The van der Waals surface area contributed by atoms with Gasteiger partial charge >= 0.3 is 0 Å². The summed E-state index contributed by atoms with van der Waals surface area (Å²) in [7, 11) is 0. The fourth-order valence-electron chi connectivity index (χ4n) is 1.11. The molecule has 2 nitrogen and oxygen atoms in total. The summed E-state index contributed by atoms with van der Waals surface area (Å²) in [6, 6.07) is 9.89. The smallest absolute Gasteiger partial charge is 0.119 e. The molecule has 1 aromatic rings. The Morgan fingerprint density at radius 3 is 2.58 bits per heavy atom. The normalized spacial score (nSPS) is 17.0. The summed E-state index contributed by atoms with van der Waals surface area (Å²) in [5.41, 5.74) is 0. The molecule has 1 heterocycles. The summed E-state index contributed by atoms with van der Waals surface area (Å²) in [4.78, 5) is 0. The minimum Gasteiger partial charge on any atom is -0.493 e. The molecule has 0 spiro atoms. The van der Waals surface area contributed by atoms with Crippen LogP contribution in [0.2, 0.25) is 0 Å². The Kier molecular flexibility index (Phi) is 2.28. The molecule has 0 saturated carbocycles. The molecule has 2 heteroatoms. The molecular formula is C10H12O2. The van der Waals surface area contributed by atoms with E-state index in [1.54, 1.807) is 0 Å². The summed E-state index contributed by atoms with van der Waals surface area (Å²) in [6.07, 6.45) is 0. The molecule has 0 aliphatic carbocycles. The number of benzene rings is 1. The third-order valence-electron chi connectivity index (χ3n) is 1.94. The molecule has 1 aromatic carbocycles. The van der Waals surface area contributed by atoms with E-state index in [0.29, 0.717) is 5.92 Å². The first-order chi connectivity index (χ1) is 5.95. The first-order valence-electron chi connectivity index (χ1n) is 4.21. The minimum atomic E-state index is 0.602. The molecule has 0 bridgehead atoms. The molecule has 12 heavy (non-hydrogen) atoms. The Morgan fingerprint density at radius 2 is 2.00 bits per heavy atom. The van der Waals surface area contributed by atoms with Gasteiger partial charge < -0.3 is 9.47 Å². The van der Waals surface area contributed by atoms with Crippen molar-refractivity contribution in [2.75, 3.05) is 19.8 Å². The summed E-state index contributed by atoms with van der Waals surface area (Å²) in [5.74, 6) is 1.55. The molecule has 2 rings (SSSR count). The first-order valence-corrected chi connectivity index (χ1v) is 4.21. The fourth-order valence-corrected chi connectivity index (χ4v) is 1.11. The maximum absolute atomic E-state index is 5.53. The molecule has 0 amide bonds. The molecule has 64 valence electrons. The van der Waals surface area contributed by atoms with Crippen molar-refractivity contribution in [2.24, 2.45) is 5.92 Å². The van der Waals surface area contributed by atoms with Gasteiger partial charge in [-0.3, -0.25) is 0 Å². The van der Waals surface area contributed by atoms with Gasteiger partial charge in [0.05, 0.1) is 19.8 Å². The fraction of sp³-hybridized carbons (Fsp3) is 0.400. The average Bonchev–Trinajstić information content (AvgIpc) is 2.04. The van der Waals surface area contributed by atoms with Gasteiger partial charge in [-0.25, -0.2) is 0 Å². The van der Waals surface area contributed by atoms with E-state index in [0.717, 1.165) is 25.6 Å². The van der Waals surface area contributed by atoms with Crippen molar-refractivity contribution < 1.29 is 9.47 Å². The molecular weight excluding hydrogens is 152 g/mol. The lowest BCUT2D eigenvalue weighted by molar-refractivity contribution is -0.0508. The third kappa shape index (κ3) is 1.77.